The number of methoxy groups -OCH3 is 1. The van der Waals surface area contributed by atoms with Crippen molar-refractivity contribution in [3.63, 3.8) is 0 Å². The van der Waals surface area contributed by atoms with Crippen LogP contribution in [0.25, 0.3) is 0 Å². The van der Waals surface area contributed by atoms with E-state index in [1.165, 1.54) is 12.8 Å². The van der Waals surface area contributed by atoms with Gasteiger partial charge < -0.3 is 14.5 Å². The van der Waals surface area contributed by atoms with Gasteiger partial charge in [0.05, 0.1) is 12.0 Å². The van der Waals surface area contributed by atoms with Gasteiger partial charge in [-0.15, -0.1) is 11.8 Å². The van der Waals surface area contributed by atoms with Gasteiger partial charge >= 0.3 is 0 Å². The van der Waals surface area contributed by atoms with Crippen molar-refractivity contribution < 1.29 is 14.3 Å². The highest BCUT2D eigenvalue weighted by atomic mass is 32.2. The molecule has 3 fully saturated rings. The maximum Gasteiger partial charge on any atom is 0.253 e. The maximum atomic E-state index is 13.0. The molecule has 1 spiro atoms. The van der Waals surface area contributed by atoms with Crippen molar-refractivity contribution in [2.24, 2.45) is 5.92 Å². The molecule has 0 unspecified atom stereocenters. The Morgan fingerprint density at radius 3 is 2.59 bits per heavy atom. The van der Waals surface area contributed by atoms with Crippen LogP contribution >= 0.6 is 11.8 Å². The molecule has 0 radical (unpaired) electrons. The van der Waals surface area contributed by atoms with Gasteiger partial charge in [0.15, 0.2) is 0 Å². The third-order valence-corrected chi connectivity index (χ3v) is 7.85. The molecule has 4 rings (SSSR count). The number of hydrogen-bond acceptors (Lipinski definition) is 4. The number of rotatable bonds is 3. The molecule has 27 heavy (non-hydrogen) atoms. The zero-order chi connectivity index (χ0) is 18.9. The third-order valence-electron chi connectivity index (χ3n) is 6.30. The molecule has 0 atom stereocenters. The van der Waals surface area contributed by atoms with Crippen LogP contribution in [0.2, 0.25) is 0 Å². The van der Waals surface area contributed by atoms with Gasteiger partial charge in [-0.1, -0.05) is 18.9 Å². The molecule has 1 aromatic carbocycles. The monoisotopic (exact) mass is 388 g/mol. The van der Waals surface area contributed by atoms with E-state index in [1.54, 1.807) is 13.2 Å². The average molecular weight is 389 g/mol. The molecule has 1 aromatic rings. The topological polar surface area (TPSA) is 49.9 Å². The number of amides is 2. The third kappa shape index (κ3) is 3.56. The van der Waals surface area contributed by atoms with Crippen molar-refractivity contribution in [2.75, 3.05) is 32.5 Å². The summed E-state index contributed by atoms with van der Waals surface area (Å²) in [6.07, 6.45) is 6.21. The lowest BCUT2D eigenvalue weighted by molar-refractivity contribution is -0.138. The summed E-state index contributed by atoms with van der Waals surface area (Å²) < 4.78 is 5.24. The van der Waals surface area contributed by atoms with Crippen LogP contribution in [0, 0.1) is 5.92 Å². The van der Waals surface area contributed by atoms with Crippen molar-refractivity contribution in [1.82, 2.24) is 9.80 Å². The second kappa shape index (κ2) is 7.74. The van der Waals surface area contributed by atoms with Crippen LogP contribution in [0.4, 0.5) is 0 Å². The number of benzene rings is 1. The Morgan fingerprint density at radius 2 is 1.89 bits per heavy atom. The minimum absolute atomic E-state index is 0.0559. The number of piperidine rings is 1. The Balaban J connectivity index is 1.42. The summed E-state index contributed by atoms with van der Waals surface area (Å²) in [6.45, 7) is 2.28. The van der Waals surface area contributed by atoms with Crippen molar-refractivity contribution in [1.29, 1.82) is 0 Å². The lowest BCUT2D eigenvalue weighted by Crippen LogP contribution is -2.54. The molecule has 2 saturated heterocycles. The normalized spacial score (nSPS) is 22.4. The minimum Gasteiger partial charge on any atom is -0.497 e. The largest absolute Gasteiger partial charge is 0.497 e. The highest BCUT2D eigenvalue weighted by Crippen LogP contribution is 2.45. The molecule has 0 bridgehead atoms. The standard InChI is InChI=1S/C21H28N2O3S/c1-26-18-8-4-7-17(15-18)19(24)22-11-9-21(10-12-22)23(13-14-27-21)20(25)16-5-2-3-6-16/h4,7-8,15-16H,2-3,5-6,9-14H2,1H3. The van der Waals surface area contributed by atoms with E-state index in [1.807, 2.05) is 34.9 Å². The first kappa shape index (κ1) is 18.7. The number of carbonyl (C=O) groups is 2. The Bertz CT molecular complexity index is 709. The van der Waals surface area contributed by atoms with Crippen molar-refractivity contribution in [3.05, 3.63) is 29.8 Å². The maximum absolute atomic E-state index is 13.0. The van der Waals surface area contributed by atoms with Crippen molar-refractivity contribution >= 4 is 23.6 Å². The lowest BCUT2D eigenvalue weighted by Gasteiger charge is -2.44. The average Bonchev–Trinajstić information content (AvgIpc) is 3.38. The summed E-state index contributed by atoms with van der Waals surface area (Å²) in [5, 5.41) is 0. The number of hydrogen-bond donors (Lipinski definition) is 0. The fourth-order valence-electron chi connectivity index (χ4n) is 4.72. The van der Waals surface area contributed by atoms with E-state index in [4.69, 9.17) is 4.74 Å². The van der Waals surface area contributed by atoms with Gasteiger partial charge in [0, 0.05) is 36.9 Å². The first-order valence-corrected chi connectivity index (χ1v) is 11.0. The van der Waals surface area contributed by atoms with Crippen LogP contribution in [0.1, 0.15) is 48.9 Å². The van der Waals surface area contributed by atoms with E-state index in [2.05, 4.69) is 4.90 Å². The molecule has 6 heteroatoms. The van der Waals surface area contributed by atoms with E-state index in [9.17, 15) is 9.59 Å². The van der Waals surface area contributed by atoms with Gasteiger partial charge in [-0.05, 0) is 43.9 Å². The van der Waals surface area contributed by atoms with Crippen LogP contribution in [0.15, 0.2) is 24.3 Å². The molecular weight excluding hydrogens is 360 g/mol. The van der Waals surface area contributed by atoms with E-state index >= 15 is 0 Å². The van der Waals surface area contributed by atoms with E-state index in [0.717, 1.165) is 38.0 Å². The van der Waals surface area contributed by atoms with Gasteiger partial charge in [0.2, 0.25) is 5.91 Å². The summed E-state index contributed by atoms with van der Waals surface area (Å²) in [5.41, 5.74) is 0.670. The zero-order valence-electron chi connectivity index (χ0n) is 16.0. The number of ether oxygens (including phenoxy) is 1. The minimum atomic E-state index is -0.0924. The summed E-state index contributed by atoms with van der Waals surface area (Å²) in [6, 6.07) is 7.35. The molecule has 2 amide bonds. The summed E-state index contributed by atoms with van der Waals surface area (Å²) >= 11 is 1.92. The summed E-state index contributed by atoms with van der Waals surface area (Å²) in [4.78, 5) is 29.9. The van der Waals surface area contributed by atoms with Crippen molar-refractivity contribution in [3.8, 4) is 5.75 Å². The van der Waals surface area contributed by atoms with Gasteiger partial charge in [0.25, 0.3) is 5.91 Å². The second-order valence-electron chi connectivity index (χ2n) is 7.79. The molecular formula is C21H28N2O3S. The number of likely N-dealkylation sites (tertiary alicyclic amines) is 1. The smallest absolute Gasteiger partial charge is 0.253 e. The predicted octanol–water partition coefficient (Wildman–Crippen LogP) is 3.39. The Kier molecular flexibility index (Phi) is 5.35. The SMILES string of the molecule is COc1cccc(C(=O)N2CCC3(CC2)SCCN3C(=O)C2CCCC2)c1. The van der Waals surface area contributed by atoms with Gasteiger partial charge in [-0.2, -0.15) is 0 Å². The Morgan fingerprint density at radius 1 is 1.15 bits per heavy atom. The van der Waals surface area contributed by atoms with Crippen LogP contribution in [-0.4, -0.2) is 59.0 Å². The molecule has 2 heterocycles. The summed E-state index contributed by atoms with van der Waals surface area (Å²) in [5.74, 6) is 2.37. The second-order valence-corrected chi connectivity index (χ2v) is 9.25. The van der Waals surface area contributed by atoms with E-state index in [-0.39, 0.29) is 16.7 Å². The molecule has 3 aliphatic rings. The van der Waals surface area contributed by atoms with E-state index in [0.29, 0.717) is 30.3 Å². The number of thioether (sulfide) groups is 1. The molecule has 146 valence electrons. The lowest BCUT2D eigenvalue weighted by atomic mass is 9.98. The first-order chi connectivity index (χ1) is 13.1. The fourth-order valence-corrected chi connectivity index (χ4v) is 6.19. The number of carbonyl (C=O) groups excluding carboxylic acids is 2. The van der Waals surface area contributed by atoms with Crippen LogP contribution < -0.4 is 4.74 Å². The molecule has 1 saturated carbocycles. The highest BCUT2D eigenvalue weighted by molar-refractivity contribution is 8.00. The number of nitrogens with zero attached hydrogens (tertiary/aromatic N) is 2. The molecule has 0 aromatic heterocycles. The molecule has 2 aliphatic heterocycles. The predicted molar refractivity (Wildman–Crippen MR) is 107 cm³/mol. The van der Waals surface area contributed by atoms with Gasteiger partial charge in [0.1, 0.15) is 5.75 Å². The van der Waals surface area contributed by atoms with Crippen LogP contribution in [0.3, 0.4) is 0 Å². The van der Waals surface area contributed by atoms with Gasteiger partial charge in [-0.25, -0.2) is 0 Å². The molecule has 5 nitrogen and oxygen atoms in total. The Hall–Kier alpha value is -1.69. The van der Waals surface area contributed by atoms with E-state index < -0.39 is 0 Å². The highest BCUT2D eigenvalue weighted by Gasteiger charge is 2.48. The van der Waals surface area contributed by atoms with Gasteiger partial charge in [-0.3, -0.25) is 9.59 Å². The molecule has 1 aliphatic carbocycles. The Labute approximate surface area is 165 Å². The van der Waals surface area contributed by atoms with Crippen LogP contribution in [0.5, 0.6) is 5.75 Å². The summed E-state index contributed by atoms with van der Waals surface area (Å²) in [7, 11) is 1.61. The van der Waals surface area contributed by atoms with Crippen LogP contribution in [-0.2, 0) is 4.79 Å². The van der Waals surface area contributed by atoms with Crippen molar-refractivity contribution in [2.45, 2.75) is 43.4 Å². The fraction of sp³-hybridized carbons (Fsp3) is 0.619. The zero-order valence-corrected chi connectivity index (χ0v) is 16.8. The molecule has 0 N–H and O–H groups in total. The first-order valence-electron chi connectivity index (χ1n) is 10.0. The quantitative estimate of drug-likeness (QED) is 0.796.